The molecule has 0 unspecified atom stereocenters. The van der Waals surface area contributed by atoms with Gasteiger partial charge in [-0.1, -0.05) is 7.43 Å². The Morgan fingerprint density at radius 1 is 1.00 bits per heavy atom. The van der Waals surface area contributed by atoms with Gasteiger partial charge in [-0.15, -0.1) is 0 Å². The average molecular weight is 192 g/mol. The Hall–Kier alpha value is 0.750. The Morgan fingerprint density at radius 2 is 1.00 bits per heavy atom. The third-order valence-electron chi connectivity index (χ3n) is 0. The Balaban J connectivity index is -0.00000000533. The maximum atomic E-state index is 8.74. The van der Waals surface area contributed by atoms with Crippen LogP contribution in [0.5, 0.6) is 0 Å². The van der Waals surface area contributed by atoms with Crippen molar-refractivity contribution in [2.24, 2.45) is 0 Å². The van der Waals surface area contributed by atoms with Gasteiger partial charge in [0.15, 0.2) is 0 Å². The molecule has 0 bridgehead atoms. The van der Waals surface area contributed by atoms with Gasteiger partial charge in [0.05, 0.1) is 0 Å². The van der Waals surface area contributed by atoms with Gasteiger partial charge in [-0.2, -0.15) is 8.42 Å². The maximum Gasteiger partial charge on any atom is 1.00 e. The summed E-state index contributed by atoms with van der Waals surface area (Å²) in [5.41, 5.74) is 0. The first-order valence-electron chi connectivity index (χ1n) is 0.698. The third kappa shape index (κ3) is 934. The molecule has 0 saturated carbocycles. The zero-order chi connectivity index (χ0) is 4.50. The number of hydrogen-bond donors (Lipinski definition) is 2. The van der Waals surface area contributed by atoms with Crippen LogP contribution in [-0.4, -0.2) is 34.0 Å². The Bertz CT molecular complexity index is 102. The second kappa shape index (κ2) is 16.4. The molecule has 0 amide bonds. The Morgan fingerprint density at radius 3 is 1.00 bits per heavy atom. The van der Waals surface area contributed by atoms with Gasteiger partial charge in [0.1, 0.15) is 0 Å². The Kier molecular flexibility index (Phi) is 74.2. The van der Waals surface area contributed by atoms with Crippen LogP contribution in [0.25, 0.3) is 0 Å². The van der Waals surface area contributed by atoms with Gasteiger partial charge < -0.3 is 17.9 Å². The van der Waals surface area contributed by atoms with E-state index in [1.807, 2.05) is 0 Å². The van der Waals surface area contributed by atoms with Gasteiger partial charge in [-0.25, -0.2) is 0 Å². The van der Waals surface area contributed by atoms with Crippen LogP contribution in [0.1, 0.15) is 8.85 Å². The van der Waals surface area contributed by atoms with Crippen LogP contribution in [0.3, 0.4) is 0 Å². The van der Waals surface area contributed by atoms with Gasteiger partial charge in [0.25, 0.3) is 0 Å². The summed E-state index contributed by atoms with van der Waals surface area (Å²) in [5, 5.41) is 0. The van der Waals surface area contributed by atoms with Gasteiger partial charge in [-0.05, 0) is 0 Å². The van der Waals surface area contributed by atoms with E-state index in [1.165, 1.54) is 0 Å². The normalized spacial score (nSPS) is 5.80. The van der Waals surface area contributed by atoms with Gasteiger partial charge in [0.2, 0.25) is 0 Å². The van der Waals surface area contributed by atoms with Crippen LogP contribution in [0.15, 0.2) is 0 Å². The van der Waals surface area contributed by atoms with Crippen LogP contribution < -0.4 is 29.6 Å². The van der Waals surface area contributed by atoms with E-state index in [0.717, 1.165) is 0 Å². The van der Waals surface area contributed by atoms with Crippen molar-refractivity contribution < 1.29 is 64.9 Å². The van der Waals surface area contributed by atoms with Crippen LogP contribution in [0.2, 0.25) is 0 Å². The Labute approximate surface area is 82.7 Å². The second-order valence-electron chi connectivity index (χ2n) is 0.448. The first-order valence-corrected chi connectivity index (χ1v) is 2.10. The fourth-order valence-corrected chi connectivity index (χ4v) is 0. The van der Waals surface area contributed by atoms with E-state index in [-0.39, 0.29) is 54.8 Å². The molecule has 0 saturated heterocycles. The molecule has 0 atom stereocenters. The van der Waals surface area contributed by atoms with E-state index in [2.05, 4.69) is 0 Å². The predicted molar refractivity (Wildman–Crippen MR) is 32.9 cm³/mol. The molecule has 0 heterocycles. The van der Waals surface area contributed by atoms with Crippen LogP contribution in [0, 0.1) is 0 Å². The summed E-state index contributed by atoms with van der Waals surface area (Å²) < 4.78 is 31.6. The molecule has 0 aliphatic heterocycles. The van der Waals surface area contributed by atoms with Crippen molar-refractivity contribution in [3.63, 3.8) is 0 Å². The van der Waals surface area contributed by atoms with Crippen molar-refractivity contribution in [2.75, 3.05) is 0 Å². The standard InChI is InChI=1S/CH4.Na.H2O4S.3H2O.H/c;;1-5(2,3)4;;;;/h1H4;;(H2,1,2,3,4);3*1H2;/q;+1;;;;;-1. The molecular formula is CH13NaO7S. The van der Waals surface area contributed by atoms with Gasteiger partial charge in [-0.3, -0.25) is 9.11 Å². The molecule has 8 N–H and O–H groups in total. The second-order valence-corrected chi connectivity index (χ2v) is 1.34. The molecule has 10 heavy (non-hydrogen) atoms. The number of hydrogen-bond acceptors (Lipinski definition) is 2. The van der Waals surface area contributed by atoms with Crippen molar-refractivity contribution in [1.82, 2.24) is 0 Å². The van der Waals surface area contributed by atoms with E-state index >= 15 is 0 Å². The summed E-state index contributed by atoms with van der Waals surface area (Å²) in [7, 11) is -4.67. The first-order chi connectivity index (χ1) is 2.00. The molecule has 0 rings (SSSR count). The maximum absolute atomic E-state index is 8.74. The molecule has 66 valence electrons. The minimum Gasteiger partial charge on any atom is -1.00 e. The molecular weight excluding hydrogens is 179 g/mol. The topological polar surface area (TPSA) is 169 Å². The fraction of sp³-hybridized carbons (Fsp3) is 1.00. The molecule has 7 nitrogen and oxygen atoms in total. The molecule has 0 radical (unpaired) electrons. The predicted octanol–water partition coefficient (Wildman–Crippen LogP) is -5.37. The van der Waals surface area contributed by atoms with Gasteiger partial charge in [0, 0.05) is 0 Å². The summed E-state index contributed by atoms with van der Waals surface area (Å²) in [5.74, 6) is 0. The van der Waals surface area contributed by atoms with Crippen molar-refractivity contribution in [3.05, 3.63) is 0 Å². The van der Waals surface area contributed by atoms with E-state index in [1.54, 1.807) is 0 Å². The SMILES string of the molecule is C.O.O.O.O=S(=O)(O)O.[H-].[Na+]. The van der Waals surface area contributed by atoms with Crippen molar-refractivity contribution in [3.8, 4) is 0 Å². The molecule has 0 spiro atoms. The zero-order valence-corrected chi connectivity index (χ0v) is 7.44. The van der Waals surface area contributed by atoms with E-state index in [9.17, 15) is 0 Å². The largest absolute Gasteiger partial charge is 1.00 e. The smallest absolute Gasteiger partial charge is 1.00 e. The molecule has 0 aliphatic carbocycles. The average Bonchev–Trinajstić information content (AvgIpc) is 0.722. The van der Waals surface area contributed by atoms with E-state index < -0.39 is 10.4 Å². The van der Waals surface area contributed by atoms with Crippen LogP contribution in [-0.2, 0) is 10.4 Å². The molecule has 0 aromatic rings. The first kappa shape index (κ1) is 45.3. The van der Waals surface area contributed by atoms with Crippen LogP contribution in [0.4, 0.5) is 0 Å². The van der Waals surface area contributed by atoms with Crippen molar-refractivity contribution in [1.29, 1.82) is 0 Å². The number of rotatable bonds is 0. The van der Waals surface area contributed by atoms with Gasteiger partial charge >= 0.3 is 40.0 Å². The summed E-state index contributed by atoms with van der Waals surface area (Å²) >= 11 is 0. The van der Waals surface area contributed by atoms with E-state index in [4.69, 9.17) is 17.5 Å². The third-order valence-corrected chi connectivity index (χ3v) is 0. The fourth-order valence-electron chi connectivity index (χ4n) is 0. The minimum atomic E-state index is -4.67. The summed E-state index contributed by atoms with van der Waals surface area (Å²) in [6.07, 6.45) is 0. The minimum absolute atomic E-state index is 0. The van der Waals surface area contributed by atoms with Crippen LogP contribution >= 0.6 is 0 Å². The van der Waals surface area contributed by atoms with Crippen molar-refractivity contribution >= 4 is 10.4 Å². The van der Waals surface area contributed by atoms with Crippen molar-refractivity contribution in [2.45, 2.75) is 7.43 Å². The molecule has 0 aliphatic rings. The molecule has 0 aromatic heterocycles. The molecule has 0 fully saturated rings. The zero-order valence-electron chi connectivity index (χ0n) is 5.62. The monoisotopic (exact) mass is 192 g/mol. The molecule has 0 aromatic carbocycles. The summed E-state index contributed by atoms with van der Waals surface area (Å²) in [4.78, 5) is 0. The molecule has 9 heteroatoms. The quantitative estimate of drug-likeness (QED) is 0.288. The summed E-state index contributed by atoms with van der Waals surface area (Å²) in [6.45, 7) is 0. The van der Waals surface area contributed by atoms with E-state index in [0.29, 0.717) is 0 Å². The summed E-state index contributed by atoms with van der Waals surface area (Å²) in [6, 6.07) is 0.